The fraction of sp³-hybridized carbons (Fsp3) is 0.462. The number of hydrogen-bond acceptors (Lipinski definition) is 5. The van der Waals surface area contributed by atoms with E-state index < -0.39 is 17.1 Å². The summed E-state index contributed by atoms with van der Waals surface area (Å²) in [5.74, 6) is -0.483. The molecule has 0 aliphatic heterocycles. The highest BCUT2D eigenvalue weighted by Crippen LogP contribution is 2.38. The molecule has 1 amide bonds. The zero-order valence-electron chi connectivity index (χ0n) is 11.9. The van der Waals surface area contributed by atoms with Gasteiger partial charge in [0.15, 0.2) is 6.10 Å². The Hall–Kier alpha value is -1.67. The van der Waals surface area contributed by atoms with E-state index in [0.717, 1.165) is 0 Å². The highest BCUT2D eigenvalue weighted by atomic mass is 79.9. The number of carbonyl (C=O) groups is 1. The van der Waals surface area contributed by atoms with Gasteiger partial charge in [-0.05, 0) is 26.8 Å². The van der Waals surface area contributed by atoms with E-state index in [-0.39, 0.29) is 22.9 Å². The van der Waals surface area contributed by atoms with Crippen molar-refractivity contribution in [3.8, 4) is 5.75 Å². The molecule has 0 aliphatic carbocycles. The fourth-order valence-electron chi connectivity index (χ4n) is 1.72. The summed E-state index contributed by atoms with van der Waals surface area (Å²) in [6, 6.07) is 2.79. The van der Waals surface area contributed by atoms with Gasteiger partial charge in [-0.25, -0.2) is 0 Å². The molecule has 0 bridgehead atoms. The van der Waals surface area contributed by atoms with Crippen molar-refractivity contribution in [1.82, 2.24) is 5.32 Å². The van der Waals surface area contributed by atoms with Gasteiger partial charge in [-0.2, -0.15) is 0 Å². The standard InChI is InChI=1S/C13H17BrN2O5/c1-4-15-13(18)8(3)21-12-10(7(2)17)5-9(14)6-11(12)16(19)20/h5-8,17H,4H2,1-3H3,(H,15,18)/t7-,8?/m1/s1. The lowest BCUT2D eigenvalue weighted by Gasteiger charge is -2.18. The van der Waals surface area contributed by atoms with Gasteiger partial charge in [0.25, 0.3) is 5.91 Å². The van der Waals surface area contributed by atoms with Crippen LogP contribution in [0, 0.1) is 10.1 Å². The third-order valence-electron chi connectivity index (χ3n) is 2.72. The van der Waals surface area contributed by atoms with Crippen LogP contribution in [0.5, 0.6) is 5.75 Å². The topological polar surface area (TPSA) is 102 Å². The number of nitro groups is 1. The van der Waals surface area contributed by atoms with Crippen molar-refractivity contribution < 1.29 is 19.6 Å². The average Bonchev–Trinajstić information content (AvgIpc) is 2.39. The summed E-state index contributed by atoms with van der Waals surface area (Å²) in [4.78, 5) is 22.2. The lowest BCUT2D eigenvalue weighted by molar-refractivity contribution is -0.386. The molecule has 0 saturated carbocycles. The summed E-state index contributed by atoms with van der Waals surface area (Å²) in [5, 5.41) is 23.5. The second kappa shape index (κ2) is 7.37. The quantitative estimate of drug-likeness (QED) is 0.598. The summed E-state index contributed by atoms with van der Waals surface area (Å²) in [6.45, 7) is 5.14. The first-order valence-electron chi connectivity index (χ1n) is 6.38. The number of carbonyl (C=O) groups excluding carboxylic acids is 1. The first kappa shape index (κ1) is 17.4. The van der Waals surface area contributed by atoms with Gasteiger partial charge in [0, 0.05) is 22.6 Å². The third-order valence-corrected chi connectivity index (χ3v) is 3.18. The van der Waals surface area contributed by atoms with Gasteiger partial charge in [0.1, 0.15) is 0 Å². The van der Waals surface area contributed by atoms with Gasteiger partial charge in [-0.15, -0.1) is 0 Å². The predicted octanol–water partition coefficient (Wildman–Crippen LogP) is 2.31. The maximum absolute atomic E-state index is 11.7. The molecule has 1 aromatic rings. The van der Waals surface area contributed by atoms with Crippen molar-refractivity contribution in [1.29, 1.82) is 0 Å². The maximum atomic E-state index is 11.7. The van der Waals surface area contributed by atoms with Crippen LogP contribution in [0.25, 0.3) is 0 Å². The van der Waals surface area contributed by atoms with Gasteiger partial charge in [-0.1, -0.05) is 15.9 Å². The molecule has 2 atom stereocenters. The zero-order chi connectivity index (χ0) is 16.2. The lowest BCUT2D eigenvalue weighted by atomic mass is 10.1. The molecule has 1 unspecified atom stereocenters. The number of ether oxygens (including phenoxy) is 1. The molecule has 0 spiro atoms. The smallest absolute Gasteiger partial charge is 0.312 e. The molecule has 0 fully saturated rings. The molecule has 0 aliphatic rings. The number of likely N-dealkylation sites (N-methyl/N-ethyl adjacent to an activating group) is 1. The zero-order valence-corrected chi connectivity index (χ0v) is 13.5. The number of nitrogens with zero attached hydrogens (tertiary/aromatic N) is 1. The van der Waals surface area contributed by atoms with E-state index in [1.165, 1.54) is 26.0 Å². The number of aliphatic hydroxyl groups is 1. The average molecular weight is 361 g/mol. The lowest BCUT2D eigenvalue weighted by Crippen LogP contribution is -2.36. The number of nitro benzene ring substituents is 1. The van der Waals surface area contributed by atoms with Crippen LogP contribution in [0.1, 0.15) is 32.4 Å². The number of benzene rings is 1. The predicted molar refractivity (Wildman–Crippen MR) is 80.2 cm³/mol. The van der Waals surface area contributed by atoms with E-state index in [2.05, 4.69) is 21.2 Å². The van der Waals surface area contributed by atoms with Crippen molar-refractivity contribution >= 4 is 27.5 Å². The first-order valence-corrected chi connectivity index (χ1v) is 7.17. The Kier molecular flexibility index (Phi) is 6.10. The summed E-state index contributed by atoms with van der Waals surface area (Å²) in [5.41, 5.74) is -0.0661. The van der Waals surface area contributed by atoms with Crippen LogP contribution in [-0.2, 0) is 4.79 Å². The number of aliphatic hydroxyl groups excluding tert-OH is 1. The maximum Gasteiger partial charge on any atom is 0.312 e. The number of rotatable bonds is 6. The second-order valence-corrected chi connectivity index (χ2v) is 5.35. The Bertz CT molecular complexity index is 548. The summed E-state index contributed by atoms with van der Waals surface area (Å²) >= 11 is 3.15. The molecular formula is C13H17BrN2O5. The Labute approximate surface area is 130 Å². The van der Waals surface area contributed by atoms with Crippen molar-refractivity contribution in [2.24, 2.45) is 0 Å². The molecule has 116 valence electrons. The van der Waals surface area contributed by atoms with Gasteiger partial charge in [0.05, 0.1) is 11.0 Å². The third kappa shape index (κ3) is 4.40. The molecule has 1 rings (SSSR count). The minimum Gasteiger partial charge on any atom is -0.473 e. The Balaban J connectivity index is 3.25. The van der Waals surface area contributed by atoms with E-state index in [0.29, 0.717) is 11.0 Å². The summed E-state index contributed by atoms with van der Waals surface area (Å²) < 4.78 is 5.88. The molecule has 0 heterocycles. The summed E-state index contributed by atoms with van der Waals surface area (Å²) in [7, 11) is 0. The van der Waals surface area contributed by atoms with E-state index in [1.54, 1.807) is 6.92 Å². The van der Waals surface area contributed by atoms with Gasteiger partial charge >= 0.3 is 5.69 Å². The highest BCUT2D eigenvalue weighted by Gasteiger charge is 2.26. The largest absolute Gasteiger partial charge is 0.473 e. The van der Waals surface area contributed by atoms with E-state index >= 15 is 0 Å². The summed E-state index contributed by atoms with van der Waals surface area (Å²) in [6.07, 6.45) is -1.89. The molecule has 0 aromatic heterocycles. The molecular weight excluding hydrogens is 344 g/mol. The van der Waals surface area contributed by atoms with Crippen molar-refractivity contribution in [2.45, 2.75) is 33.0 Å². The number of nitrogens with one attached hydrogen (secondary N) is 1. The molecule has 21 heavy (non-hydrogen) atoms. The van der Waals surface area contributed by atoms with Crippen molar-refractivity contribution in [3.05, 3.63) is 32.3 Å². The van der Waals surface area contributed by atoms with Gasteiger partial charge < -0.3 is 15.2 Å². The minimum absolute atomic E-state index is 0.100. The van der Waals surface area contributed by atoms with Crippen LogP contribution in [0.3, 0.4) is 0 Å². The molecule has 0 radical (unpaired) electrons. The SMILES string of the molecule is CCNC(=O)C(C)Oc1c([C@@H](C)O)cc(Br)cc1[N+](=O)[O-]. The van der Waals surface area contributed by atoms with Crippen molar-refractivity contribution in [2.75, 3.05) is 6.54 Å². The Morgan fingerprint density at radius 1 is 1.52 bits per heavy atom. The van der Waals surface area contributed by atoms with Crippen LogP contribution in [0.15, 0.2) is 16.6 Å². The molecule has 8 heteroatoms. The molecule has 0 saturated heterocycles. The van der Waals surface area contributed by atoms with Crippen molar-refractivity contribution in [3.63, 3.8) is 0 Å². The van der Waals surface area contributed by atoms with Crippen LogP contribution in [-0.4, -0.2) is 28.6 Å². The second-order valence-electron chi connectivity index (χ2n) is 4.43. The van der Waals surface area contributed by atoms with Gasteiger partial charge in [0.2, 0.25) is 5.75 Å². The van der Waals surface area contributed by atoms with E-state index in [4.69, 9.17) is 4.74 Å². The minimum atomic E-state index is -0.974. The van der Waals surface area contributed by atoms with E-state index in [9.17, 15) is 20.0 Å². The normalized spacial score (nSPS) is 13.4. The fourth-order valence-corrected chi connectivity index (χ4v) is 2.19. The first-order chi connectivity index (χ1) is 9.77. The number of halogens is 1. The molecule has 1 aromatic carbocycles. The van der Waals surface area contributed by atoms with Gasteiger partial charge in [-0.3, -0.25) is 14.9 Å². The molecule has 2 N–H and O–H groups in total. The van der Waals surface area contributed by atoms with Crippen LogP contribution < -0.4 is 10.1 Å². The number of amides is 1. The van der Waals surface area contributed by atoms with Crippen LogP contribution in [0.2, 0.25) is 0 Å². The number of hydrogen-bond donors (Lipinski definition) is 2. The highest BCUT2D eigenvalue weighted by molar-refractivity contribution is 9.10. The molecule has 7 nitrogen and oxygen atoms in total. The van der Waals surface area contributed by atoms with E-state index in [1.807, 2.05) is 0 Å². The Morgan fingerprint density at radius 2 is 2.14 bits per heavy atom. The van der Waals surface area contributed by atoms with Crippen LogP contribution in [0.4, 0.5) is 5.69 Å². The Morgan fingerprint density at radius 3 is 2.62 bits per heavy atom. The van der Waals surface area contributed by atoms with Crippen LogP contribution >= 0.6 is 15.9 Å². The monoisotopic (exact) mass is 360 g/mol.